The number of aromatic nitrogens is 2. The zero-order chi connectivity index (χ0) is 15.4. The molecule has 1 heterocycles. The summed E-state index contributed by atoms with van der Waals surface area (Å²) in [6.45, 7) is 3.58. The van der Waals surface area contributed by atoms with Crippen molar-refractivity contribution in [1.29, 1.82) is 0 Å². The van der Waals surface area contributed by atoms with Crippen LogP contribution in [0.4, 0.5) is 0 Å². The van der Waals surface area contributed by atoms with E-state index in [1.807, 2.05) is 17.8 Å². The Balaban J connectivity index is 1.60. The van der Waals surface area contributed by atoms with Crippen LogP contribution in [0.25, 0.3) is 0 Å². The van der Waals surface area contributed by atoms with Crippen LogP contribution in [-0.4, -0.2) is 28.3 Å². The number of aryl methyl sites for hydroxylation is 1. The molecule has 0 bridgehead atoms. The Kier molecular flexibility index (Phi) is 4.42. The Labute approximate surface area is 131 Å². The summed E-state index contributed by atoms with van der Waals surface area (Å²) < 4.78 is 1.86. The minimum Gasteiger partial charge on any atom is -0.357 e. The van der Waals surface area contributed by atoms with E-state index in [0.29, 0.717) is 18.5 Å². The van der Waals surface area contributed by atoms with Crippen LogP contribution < -0.4 is 10.6 Å². The highest BCUT2D eigenvalue weighted by Gasteiger charge is 2.38. The number of rotatable bonds is 5. The molecule has 0 amide bonds. The number of guanidine groups is 1. The van der Waals surface area contributed by atoms with Crippen LogP contribution in [0, 0.1) is 0 Å². The molecule has 5 heteroatoms. The highest BCUT2D eigenvalue weighted by Crippen LogP contribution is 2.40. The van der Waals surface area contributed by atoms with E-state index in [9.17, 15) is 0 Å². The topological polar surface area (TPSA) is 54.2 Å². The molecule has 1 aliphatic rings. The standard InChI is InChI=1S/C17H23N5/c1-3-18-17(19-12-14-9-10-20-22(14)2)21-16-11-15(16)13-7-5-4-6-8-13/h4-10,15-16H,3,11-12H2,1-2H3,(H2,18,19,21). The van der Waals surface area contributed by atoms with Crippen molar-refractivity contribution in [1.82, 2.24) is 20.4 Å². The van der Waals surface area contributed by atoms with E-state index in [1.54, 1.807) is 6.20 Å². The van der Waals surface area contributed by atoms with E-state index in [2.05, 4.69) is 58.0 Å². The van der Waals surface area contributed by atoms with Gasteiger partial charge in [0.1, 0.15) is 0 Å². The first kappa shape index (κ1) is 14.6. The molecule has 2 N–H and O–H groups in total. The molecule has 1 aromatic carbocycles. The van der Waals surface area contributed by atoms with Crippen molar-refractivity contribution < 1.29 is 0 Å². The minimum atomic E-state index is 0.478. The fourth-order valence-electron chi connectivity index (χ4n) is 2.64. The van der Waals surface area contributed by atoms with Gasteiger partial charge in [-0.2, -0.15) is 5.10 Å². The molecule has 0 aliphatic heterocycles. The van der Waals surface area contributed by atoms with Gasteiger partial charge in [-0.3, -0.25) is 4.68 Å². The summed E-state index contributed by atoms with van der Waals surface area (Å²) in [5.41, 5.74) is 2.51. The molecule has 0 spiro atoms. The van der Waals surface area contributed by atoms with Gasteiger partial charge in [0.15, 0.2) is 5.96 Å². The van der Waals surface area contributed by atoms with Crippen molar-refractivity contribution in [2.75, 3.05) is 6.54 Å². The van der Waals surface area contributed by atoms with Gasteiger partial charge in [-0.25, -0.2) is 4.99 Å². The van der Waals surface area contributed by atoms with Crippen LogP contribution in [0.3, 0.4) is 0 Å². The summed E-state index contributed by atoms with van der Waals surface area (Å²) >= 11 is 0. The molecular formula is C17H23N5. The summed E-state index contributed by atoms with van der Waals surface area (Å²) in [6, 6.07) is 13.1. The Morgan fingerprint density at radius 3 is 2.82 bits per heavy atom. The van der Waals surface area contributed by atoms with Gasteiger partial charge in [-0.1, -0.05) is 30.3 Å². The lowest BCUT2D eigenvalue weighted by Crippen LogP contribution is -2.39. The Hall–Kier alpha value is -2.30. The average Bonchev–Trinajstić information content (AvgIpc) is 3.19. The van der Waals surface area contributed by atoms with Crippen molar-refractivity contribution in [3.63, 3.8) is 0 Å². The van der Waals surface area contributed by atoms with Gasteiger partial charge < -0.3 is 10.6 Å². The van der Waals surface area contributed by atoms with Crippen LogP contribution in [0.5, 0.6) is 0 Å². The molecule has 0 radical (unpaired) electrons. The van der Waals surface area contributed by atoms with Gasteiger partial charge in [0.25, 0.3) is 0 Å². The van der Waals surface area contributed by atoms with Crippen molar-refractivity contribution in [3.05, 3.63) is 53.9 Å². The fraction of sp³-hybridized carbons (Fsp3) is 0.412. The molecule has 1 aromatic heterocycles. The van der Waals surface area contributed by atoms with Gasteiger partial charge in [0.2, 0.25) is 0 Å². The summed E-state index contributed by atoms with van der Waals surface area (Å²) in [4.78, 5) is 4.66. The number of nitrogens with zero attached hydrogens (tertiary/aromatic N) is 3. The van der Waals surface area contributed by atoms with Crippen LogP contribution >= 0.6 is 0 Å². The van der Waals surface area contributed by atoms with Gasteiger partial charge in [-0.15, -0.1) is 0 Å². The molecular weight excluding hydrogens is 274 g/mol. The SMILES string of the molecule is CCNC(=NCc1ccnn1C)NC1CC1c1ccccc1. The zero-order valence-electron chi connectivity index (χ0n) is 13.2. The number of hydrogen-bond donors (Lipinski definition) is 2. The Bertz CT molecular complexity index is 632. The molecule has 2 unspecified atom stereocenters. The summed E-state index contributed by atoms with van der Waals surface area (Å²) in [5.74, 6) is 1.48. The molecule has 3 rings (SSSR count). The van der Waals surface area contributed by atoms with E-state index in [-0.39, 0.29) is 0 Å². The van der Waals surface area contributed by atoms with E-state index >= 15 is 0 Å². The van der Waals surface area contributed by atoms with Gasteiger partial charge in [-0.05, 0) is 25.0 Å². The van der Waals surface area contributed by atoms with Crippen molar-refractivity contribution in [2.24, 2.45) is 12.0 Å². The predicted molar refractivity (Wildman–Crippen MR) is 88.7 cm³/mol. The molecule has 0 saturated heterocycles. The third-order valence-corrected chi connectivity index (χ3v) is 4.01. The minimum absolute atomic E-state index is 0.478. The van der Waals surface area contributed by atoms with Crippen molar-refractivity contribution in [3.8, 4) is 0 Å². The molecule has 2 atom stereocenters. The van der Waals surface area contributed by atoms with Crippen LogP contribution in [0.15, 0.2) is 47.6 Å². The summed E-state index contributed by atoms with van der Waals surface area (Å²) in [7, 11) is 1.94. The Morgan fingerprint density at radius 2 is 2.14 bits per heavy atom. The van der Waals surface area contributed by atoms with Gasteiger partial charge >= 0.3 is 0 Å². The van der Waals surface area contributed by atoms with Crippen LogP contribution in [-0.2, 0) is 13.6 Å². The average molecular weight is 297 g/mol. The number of aliphatic imine (C=N–C) groups is 1. The van der Waals surface area contributed by atoms with E-state index in [0.717, 1.165) is 18.2 Å². The summed E-state index contributed by atoms with van der Waals surface area (Å²) in [5, 5.41) is 11.0. The fourth-order valence-corrected chi connectivity index (χ4v) is 2.64. The first-order valence-electron chi connectivity index (χ1n) is 7.84. The molecule has 22 heavy (non-hydrogen) atoms. The number of nitrogens with one attached hydrogen (secondary N) is 2. The van der Waals surface area contributed by atoms with E-state index in [1.165, 1.54) is 12.0 Å². The quantitative estimate of drug-likeness (QED) is 0.656. The Morgan fingerprint density at radius 1 is 1.32 bits per heavy atom. The first-order chi connectivity index (χ1) is 10.8. The second-order valence-electron chi connectivity index (χ2n) is 5.65. The smallest absolute Gasteiger partial charge is 0.191 e. The second kappa shape index (κ2) is 6.64. The van der Waals surface area contributed by atoms with Crippen LogP contribution in [0.1, 0.15) is 30.5 Å². The maximum absolute atomic E-state index is 4.66. The zero-order valence-corrected chi connectivity index (χ0v) is 13.2. The van der Waals surface area contributed by atoms with E-state index < -0.39 is 0 Å². The lowest BCUT2D eigenvalue weighted by Gasteiger charge is -2.11. The largest absolute Gasteiger partial charge is 0.357 e. The molecule has 1 saturated carbocycles. The normalized spacial score (nSPS) is 20.7. The van der Waals surface area contributed by atoms with E-state index in [4.69, 9.17) is 0 Å². The molecule has 1 fully saturated rings. The lowest BCUT2D eigenvalue weighted by molar-refractivity contribution is 0.706. The monoisotopic (exact) mass is 297 g/mol. The van der Waals surface area contributed by atoms with Crippen LogP contribution in [0.2, 0.25) is 0 Å². The van der Waals surface area contributed by atoms with Crippen molar-refractivity contribution >= 4 is 5.96 Å². The molecule has 1 aliphatic carbocycles. The van der Waals surface area contributed by atoms with Gasteiger partial charge in [0, 0.05) is 31.7 Å². The third kappa shape index (κ3) is 3.47. The lowest BCUT2D eigenvalue weighted by atomic mass is 10.1. The maximum Gasteiger partial charge on any atom is 0.191 e. The second-order valence-corrected chi connectivity index (χ2v) is 5.65. The highest BCUT2D eigenvalue weighted by atomic mass is 15.3. The molecule has 5 nitrogen and oxygen atoms in total. The summed E-state index contributed by atoms with van der Waals surface area (Å²) in [6.07, 6.45) is 2.97. The predicted octanol–water partition coefficient (Wildman–Crippen LogP) is 2.03. The van der Waals surface area contributed by atoms with Gasteiger partial charge in [0.05, 0.1) is 12.2 Å². The molecule has 2 aromatic rings. The number of hydrogen-bond acceptors (Lipinski definition) is 2. The highest BCUT2D eigenvalue weighted by molar-refractivity contribution is 5.80. The third-order valence-electron chi connectivity index (χ3n) is 4.01. The van der Waals surface area contributed by atoms with Crippen molar-refractivity contribution in [2.45, 2.75) is 31.8 Å². The maximum atomic E-state index is 4.66. The molecule has 116 valence electrons. The number of benzene rings is 1. The first-order valence-corrected chi connectivity index (χ1v) is 7.84.